The number of hydrogen-bond acceptors (Lipinski definition) is 8. The Morgan fingerprint density at radius 1 is 0.741 bits per heavy atom. The molecular formula is C34H52F12O8. The third-order valence-corrected chi connectivity index (χ3v) is 10.6. The fourth-order valence-electron chi connectivity index (χ4n) is 6.34. The van der Waals surface area contributed by atoms with Crippen molar-refractivity contribution < 1.29 is 91.4 Å². The zero-order valence-corrected chi connectivity index (χ0v) is 31.7. The normalized spacial score (nSPS) is 26.8. The van der Waals surface area contributed by atoms with Gasteiger partial charge in [0.25, 0.3) is 0 Å². The monoisotopic (exact) mass is 816 g/mol. The predicted molar refractivity (Wildman–Crippen MR) is 168 cm³/mol. The number of aliphatic hydroxyl groups is 2. The molecular weight excluding hydrogens is 764 g/mol. The van der Waals surface area contributed by atoms with E-state index in [-0.39, 0.29) is 25.6 Å². The van der Waals surface area contributed by atoms with Gasteiger partial charge in [-0.05, 0) is 92.9 Å². The number of aliphatic hydroxyl groups excluding tert-OH is 1. The lowest BCUT2D eigenvalue weighted by atomic mass is 9.82. The lowest BCUT2D eigenvalue weighted by Crippen LogP contribution is -2.53. The minimum absolute atomic E-state index is 0.0194. The van der Waals surface area contributed by atoms with E-state index < -0.39 is 108 Å². The Hall–Kier alpha value is -2.06. The third kappa shape index (κ3) is 11.3. The van der Waals surface area contributed by atoms with Gasteiger partial charge in [-0.1, -0.05) is 13.8 Å². The number of hydrogen-bond donors (Lipinski definition) is 2. The van der Waals surface area contributed by atoms with Gasteiger partial charge in [-0.15, -0.1) is 0 Å². The van der Waals surface area contributed by atoms with Crippen molar-refractivity contribution in [2.75, 3.05) is 19.8 Å². The molecule has 0 saturated heterocycles. The van der Waals surface area contributed by atoms with Gasteiger partial charge in [-0.25, -0.2) is 0 Å². The molecule has 0 radical (unpaired) electrons. The first-order chi connectivity index (χ1) is 23.9. The second kappa shape index (κ2) is 16.8. The molecule has 0 aromatic carbocycles. The second-order valence-corrected chi connectivity index (χ2v) is 15.8. The lowest BCUT2D eigenvalue weighted by molar-refractivity contribution is -0.291. The summed E-state index contributed by atoms with van der Waals surface area (Å²) in [6, 6.07) is 0. The van der Waals surface area contributed by atoms with Crippen LogP contribution in [0.2, 0.25) is 0 Å². The van der Waals surface area contributed by atoms with Crippen LogP contribution >= 0.6 is 0 Å². The van der Waals surface area contributed by atoms with Crippen molar-refractivity contribution in [3.8, 4) is 0 Å². The number of halogens is 12. The molecule has 54 heavy (non-hydrogen) atoms. The molecule has 0 amide bonds. The average Bonchev–Trinajstić information content (AvgIpc) is 3.53. The standard InChI is InChI=1S/C21H32F6O5.C13H20F6O3/c1-5-17(2,20(22,23)24)16(29)32-18(3)11-13-9-14(18)15(10-13)30-12-19(4,21(25,26)27)31-8-6-7-28;1-6-10(4,12(14,15)16)8(20)22-9(2,3)7-11(5,21)13(17,18)19/h13-15,28H,5-12H2,1-4H3;21H,6-7H2,1-5H3. The molecule has 2 bridgehead atoms. The van der Waals surface area contributed by atoms with Crippen LogP contribution in [0.5, 0.6) is 0 Å². The number of fused-ring (bicyclic) bond motifs is 2. The smallest absolute Gasteiger partial charge is 0.419 e. The maximum Gasteiger partial charge on any atom is 0.419 e. The van der Waals surface area contributed by atoms with Crippen LogP contribution < -0.4 is 0 Å². The Balaban J connectivity index is 0.000000582. The molecule has 2 fully saturated rings. The highest BCUT2D eigenvalue weighted by atomic mass is 19.4. The van der Waals surface area contributed by atoms with Crippen LogP contribution in [-0.4, -0.2) is 95.2 Å². The summed E-state index contributed by atoms with van der Waals surface area (Å²) in [5.74, 6) is -3.59. The molecule has 2 N–H and O–H groups in total. The number of carbonyl (C=O) groups excluding carboxylic acids is 2. The quantitative estimate of drug-likeness (QED) is 0.0960. The van der Waals surface area contributed by atoms with Gasteiger partial charge in [-0.2, -0.15) is 52.7 Å². The molecule has 8 unspecified atom stereocenters. The van der Waals surface area contributed by atoms with E-state index in [0.29, 0.717) is 33.1 Å². The van der Waals surface area contributed by atoms with Crippen LogP contribution in [0.3, 0.4) is 0 Å². The van der Waals surface area contributed by atoms with Gasteiger partial charge in [0.15, 0.2) is 22.0 Å². The summed E-state index contributed by atoms with van der Waals surface area (Å²) >= 11 is 0. The van der Waals surface area contributed by atoms with E-state index in [9.17, 15) is 67.4 Å². The summed E-state index contributed by atoms with van der Waals surface area (Å²) in [7, 11) is 0. The van der Waals surface area contributed by atoms with Crippen LogP contribution in [0.4, 0.5) is 52.7 Å². The van der Waals surface area contributed by atoms with E-state index in [4.69, 9.17) is 19.3 Å². The molecule has 20 heteroatoms. The Kier molecular flexibility index (Phi) is 15.6. The Bertz CT molecular complexity index is 1270. The van der Waals surface area contributed by atoms with Gasteiger partial charge < -0.3 is 29.2 Å². The fraction of sp³-hybridized carbons (Fsp3) is 0.941. The van der Waals surface area contributed by atoms with Crippen LogP contribution in [0, 0.1) is 22.7 Å². The summed E-state index contributed by atoms with van der Waals surface area (Å²) in [6.45, 7) is 7.20. The van der Waals surface area contributed by atoms with E-state index >= 15 is 0 Å². The van der Waals surface area contributed by atoms with Crippen LogP contribution in [0.1, 0.15) is 107 Å². The lowest BCUT2D eigenvalue weighted by Gasteiger charge is -2.41. The van der Waals surface area contributed by atoms with E-state index in [1.54, 1.807) is 0 Å². The molecule has 0 spiro atoms. The van der Waals surface area contributed by atoms with Crippen molar-refractivity contribution in [3.63, 3.8) is 0 Å². The summed E-state index contributed by atoms with van der Waals surface area (Å²) in [5, 5.41) is 18.2. The number of carbonyl (C=O) groups is 2. The van der Waals surface area contributed by atoms with Gasteiger partial charge in [0.1, 0.15) is 11.2 Å². The molecule has 0 aromatic heterocycles. The molecule has 0 aliphatic heterocycles. The SMILES string of the molecule is CCC(C)(C(=O)OC(C)(C)CC(C)(O)C(F)(F)F)C(F)(F)F.CCC(C)(C(=O)OC1(C)CC2CC(OCC(C)(OCCCO)C(F)(F)F)C1C2)C(F)(F)F. The number of alkyl halides is 12. The summed E-state index contributed by atoms with van der Waals surface area (Å²) in [6.07, 6.45) is -21.0. The first-order valence-corrected chi connectivity index (χ1v) is 17.2. The van der Waals surface area contributed by atoms with Crippen molar-refractivity contribution in [3.05, 3.63) is 0 Å². The summed E-state index contributed by atoms with van der Waals surface area (Å²) in [4.78, 5) is 24.3. The molecule has 2 aliphatic carbocycles. The highest BCUT2D eigenvalue weighted by molar-refractivity contribution is 5.78. The Labute approximate surface area is 306 Å². The van der Waals surface area contributed by atoms with E-state index in [1.807, 2.05) is 0 Å². The minimum atomic E-state index is -5.01. The van der Waals surface area contributed by atoms with Crippen molar-refractivity contribution in [2.24, 2.45) is 22.7 Å². The van der Waals surface area contributed by atoms with E-state index in [2.05, 4.69) is 4.74 Å². The Morgan fingerprint density at radius 2 is 1.22 bits per heavy atom. The van der Waals surface area contributed by atoms with Crippen molar-refractivity contribution in [2.45, 2.75) is 160 Å². The van der Waals surface area contributed by atoms with Crippen molar-refractivity contribution in [1.29, 1.82) is 0 Å². The van der Waals surface area contributed by atoms with E-state index in [0.717, 1.165) is 34.6 Å². The molecule has 2 saturated carbocycles. The van der Waals surface area contributed by atoms with Gasteiger partial charge in [0, 0.05) is 18.9 Å². The molecule has 2 rings (SSSR count). The molecule has 0 aromatic rings. The summed E-state index contributed by atoms with van der Waals surface area (Å²) < 4.78 is 178. The molecule has 8 atom stereocenters. The summed E-state index contributed by atoms with van der Waals surface area (Å²) in [5.41, 5.74) is -14.5. The molecule has 320 valence electrons. The maximum atomic E-state index is 13.6. The molecule has 8 nitrogen and oxygen atoms in total. The average molecular weight is 817 g/mol. The second-order valence-electron chi connectivity index (χ2n) is 15.8. The van der Waals surface area contributed by atoms with Crippen molar-refractivity contribution in [1.82, 2.24) is 0 Å². The van der Waals surface area contributed by atoms with Gasteiger partial charge >= 0.3 is 36.6 Å². The largest absolute Gasteiger partial charge is 0.459 e. The zero-order chi connectivity index (χ0) is 42.8. The van der Waals surface area contributed by atoms with Gasteiger partial charge in [0.05, 0.1) is 19.3 Å². The van der Waals surface area contributed by atoms with Crippen LogP contribution in [-0.2, 0) is 28.5 Å². The maximum absolute atomic E-state index is 13.6. The molecule has 0 heterocycles. The van der Waals surface area contributed by atoms with Crippen LogP contribution in [0.15, 0.2) is 0 Å². The van der Waals surface area contributed by atoms with Gasteiger partial charge in [0.2, 0.25) is 0 Å². The number of esters is 2. The highest BCUT2D eigenvalue weighted by Crippen LogP contribution is 2.55. The Morgan fingerprint density at radius 3 is 1.61 bits per heavy atom. The minimum Gasteiger partial charge on any atom is -0.459 e. The van der Waals surface area contributed by atoms with Crippen LogP contribution in [0.25, 0.3) is 0 Å². The first kappa shape index (κ1) is 50.0. The van der Waals surface area contributed by atoms with Gasteiger partial charge in [-0.3, -0.25) is 9.59 Å². The third-order valence-electron chi connectivity index (χ3n) is 10.6. The molecule has 2 aliphatic rings. The first-order valence-electron chi connectivity index (χ1n) is 17.2. The van der Waals surface area contributed by atoms with E-state index in [1.165, 1.54) is 13.8 Å². The fourth-order valence-corrected chi connectivity index (χ4v) is 6.34. The number of ether oxygens (including phenoxy) is 4. The number of rotatable bonds is 15. The van der Waals surface area contributed by atoms with Crippen molar-refractivity contribution >= 4 is 11.9 Å². The predicted octanol–water partition coefficient (Wildman–Crippen LogP) is 8.79. The zero-order valence-electron chi connectivity index (χ0n) is 31.7. The topological polar surface area (TPSA) is 112 Å². The highest BCUT2D eigenvalue weighted by Gasteiger charge is 2.63.